The fourth-order valence-corrected chi connectivity index (χ4v) is 3.84. The van der Waals surface area contributed by atoms with Crippen LogP contribution in [0.4, 0.5) is 21.5 Å². The molecule has 0 spiro atoms. The quantitative estimate of drug-likeness (QED) is 0.590. The van der Waals surface area contributed by atoms with Crippen LogP contribution >= 0.6 is 0 Å². The van der Waals surface area contributed by atoms with Crippen LogP contribution in [0.5, 0.6) is 0 Å². The van der Waals surface area contributed by atoms with Gasteiger partial charge in [0, 0.05) is 32.1 Å². The molecule has 2 aliphatic rings. The molecule has 0 unspecified atom stereocenters. The van der Waals surface area contributed by atoms with Gasteiger partial charge in [-0.2, -0.15) is 0 Å². The molecule has 0 aromatic heterocycles. The Balaban J connectivity index is 1.84. The molecule has 3 rings (SSSR count). The number of quaternary nitrogens is 1. The minimum atomic E-state index is -0.552. The zero-order valence-electron chi connectivity index (χ0n) is 16.8. The Hall–Kier alpha value is -2.42. The summed E-state index contributed by atoms with van der Waals surface area (Å²) < 4.78 is 14.7. The minimum absolute atomic E-state index is 0.0716. The van der Waals surface area contributed by atoms with Gasteiger partial charge in [0.15, 0.2) is 5.82 Å². The van der Waals surface area contributed by atoms with E-state index in [0.717, 1.165) is 32.2 Å². The van der Waals surface area contributed by atoms with Gasteiger partial charge in [0.1, 0.15) is 5.69 Å². The monoisotopic (exact) mass is 394 g/mol. The normalized spacial score (nSPS) is 18.7. The number of hydrogen-bond donors (Lipinski definition) is 1. The molecule has 0 saturated carbocycles. The molecule has 0 atom stereocenters. The van der Waals surface area contributed by atoms with E-state index in [-0.39, 0.29) is 17.5 Å². The van der Waals surface area contributed by atoms with E-state index in [1.165, 1.54) is 4.90 Å². The van der Waals surface area contributed by atoms with Gasteiger partial charge in [-0.05, 0) is 6.07 Å². The summed E-state index contributed by atoms with van der Waals surface area (Å²) in [4.78, 5) is 30.3. The molecular weight excluding hydrogens is 365 g/mol. The lowest BCUT2D eigenvalue weighted by Gasteiger charge is -2.37. The number of amides is 1. The highest BCUT2D eigenvalue weighted by molar-refractivity contribution is 5.78. The van der Waals surface area contributed by atoms with Crippen LogP contribution < -0.4 is 14.7 Å². The van der Waals surface area contributed by atoms with Crippen LogP contribution in [0.25, 0.3) is 0 Å². The van der Waals surface area contributed by atoms with Crippen molar-refractivity contribution in [3.63, 3.8) is 0 Å². The van der Waals surface area contributed by atoms with Crippen molar-refractivity contribution in [1.82, 2.24) is 4.90 Å². The lowest BCUT2D eigenvalue weighted by atomic mass is 10.1. The topological polar surface area (TPSA) is 74.4 Å². The number of carbonyl (C=O) groups is 1. The van der Waals surface area contributed by atoms with Crippen molar-refractivity contribution in [3.05, 3.63) is 28.1 Å². The zero-order chi connectivity index (χ0) is 20.4. The van der Waals surface area contributed by atoms with Crippen LogP contribution in [-0.2, 0) is 4.79 Å². The second kappa shape index (κ2) is 8.30. The molecule has 0 aliphatic carbocycles. The maximum atomic E-state index is 14.7. The smallest absolute Gasteiger partial charge is 0.295 e. The van der Waals surface area contributed by atoms with Crippen molar-refractivity contribution in [1.29, 1.82) is 0 Å². The number of piperazine rings is 2. The minimum Gasteiger partial charge on any atom is -0.362 e. The number of carbonyl (C=O) groups excluding carboxylic acids is 1. The Kier molecular flexibility index (Phi) is 6.02. The van der Waals surface area contributed by atoms with E-state index in [4.69, 9.17) is 0 Å². The Morgan fingerprint density at radius 2 is 1.64 bits per heavy atom. The van der Waals surface area contributed by atoms with Gasteiger partial charge in [0.25, 0.3) is 5.69 Å². The fourth-order valence-electron chi connectivity index (χ4n) is 3.84. The predicted molar refractivity (Wildman–Crippen MR) is 106 cm³/mol. The molecule has 0 radical (unpaired) electrons. The standard InChI is InChI=1S/C19H28FN5O3/c1-14(2)19(26)24-10-8-23(9-11-24)17-13-16(15(20)12-18(17)25(27)28)22-6-4-21(3)5-7-22/h12-14H,4-11H2,1-3H3/p+1. The second-order valence-electron chi connectivity index (χ2n) is 7.96. The van der Waals surface area contributed by atoms with Gasteiger partial charge in [0.05, 0.1) is 49.9 Å². The van der Waals surface area contributed by atoms with E-state index in [2.05, 4.69) is 7.05 Å². The Morgan fingerprint density at radius 1 is 1.07 bits per heavy atom. The van der Waals surface area contributed by atoms with E-state index in [0.29, 0.717) is 37.6 Å². The number of anilines is 2. The SMILES string of the molecule is CC(C)C(=O)N1CCN(c2cc(N3CC[NH+](C)CC3)c(F)cc2[N+](=O)[O-])CC1. The van der Waals surface area contributed by atoms with E-state index in [1.54, 1.807) is 11.0 Å². The third-order valence-corrected chi connectivity index (χ3v) is 5.62. The molecule has 2 aliphatic heterocycles. The molecule has 0 bridgehead atoms. The number of nitro groups is 1. The van der Waals surface area contributed by atoms with Crippen LogP contribution in [0, 0.1) is 21.8 Å². The van der Waals surface area contributed by atoms with Gasteiger partial charge < -0.3 is 19.6 Å². The first-order chi connectivity index (χ1) is 13.3. The lowest BCUT2D eigenvalue weighted by Crippen LogP contribution is -3.12. The van der Waals surface area contributed by atoms with Gasteiger partial charge in [-0.3, -0.25) is 14.9 Å². The summed E-state index contributed by atoms with van der Waals surface area (Å²) >= 11 is 0. The van der Waals surface area contributed by atoms with E-state index >= 15 is 0 Å². The third kappa shape index (κ3) is 4.19. The molecule has 8 nitrogen and oxygen atoms in total. The number of rotatable bonds is 4. The highest BCUT2D eigenvalue weighted by Gasteiger charge is 2.30. The van der Waals surface area contributed by atoms with Crippen molar-refractivity contribution < 1.29 is 19.0 Å². The first-order valence-corrected chi connectivity index (χ1v) is 9.86. The number of halogens is 1. The summed E-state index contributed by atoms with van der Waals surface area (Å²) in [7, 11) is 2.10. The highest BCUT2D eigenvalue weighted by Crippen LogP contribution is 2.35. The molecule has 1 N–H and O–H groups in total. The Labute approximate surface area is 164 Å². The van der Waals surface area contributed by atoms with Crippen LogP contribution in [-0.4, -0.2) is 75.1 Å². The van der Waals surface area contributed by atoms with Gasteiger partial charge >= 0.3 is 0 Å². The van der Waals surface area contributed by atoms with Crippen LogP contribution in [0.15, 0.2) is 12.1 Å². The molecule has 2 fully saturated rings. The van der Waals surface area contributed by atoms with Gasteiger partial charge in [0.2, 0.25) is 5.91 Å². The summed E-state index contributed by atoms with van der Waals surface area (Å²) in [6.45, 7) is 9.00. The van der Waals surface area contributed by atoms with Crippen LogP contribution in [0.3, 0.4) is 0 Å². The fraction of sp³-hybridized carbons (Fsp3) is 0.632. The third-order valence-electron chi connectivity index (χ3n) is 5.62. The van der Waals surface area contributed by atoms with Gasteiger partial charge in [-0.25, -0.2) is 4.39 Å². The maximum absolute atomic E-state index is 14.7. The molecule has 9 heteroatoms. The maximum Gasteiger partial charge on any atom is 0.295 e. The Morgan fingerprint density at radius 3 is 2.18 bits per heavy atom. The number of benzene rings is 1. The molecule has 28 heavy (non-hydrogen) atoms. The largest absolute Gasteiger partial charge is 0.362 e. The van der Waals surface area contributed by atoms with Crippen molar-refractivity contribution in [2.24, 2.45) is 5.92 Å². The Bertz CT molecular complexity index is 741. The molecule has 1 aromatic rings. The number of nitro benzene ring substituents is 1. The number of hydrogen-bond acceptors (Lipinski definition) is 5. The van der Waals surface area contributed by atoms with Crippen LogP contribution in [0.2, 0.25) is 0 Å². The summed E-state index contributed by atoms with van der Waals surface area (Å²) in [6.07, 6.45) is 0. The number of nitrogens with zero attached hydrogens (tertiary/aromatic N) is 4. The van der Waals surface area contributed by atoms with Crippen molar-refractivity contribution >= 4 is 23.0 Å². The molecule has 2 saturated heterocycles. The molecule has 2 heterocycles. The zero-order valence-corrected chi connectivity index (χ0v) is 16.8. The van der Waals surface area contributed by atoms with Crippen molar-refractivity contribution in [3.8, 4) is 0 Å². The van der Waals surface area contributed by atoms with E-state index < -0.39 is 10.7 Å². The predicted octanol–water partition coefficient (Wildman–Crippen LogP) is 0.373. The molecular formula is C19H29FN5O3+. The number of nitrogens with one attached hydrogen (secondary N) is 1. The first kappa shape index (κ1) is 20.3. The van der Waals surface area contributed by atoms with Gasteiger partial charge in [-0.1, -0.05) is 13.8 Å². The second-order valence-corrected chi connectivity index (χ2v) is 7.96. The van der Waals surface area contributed by atoms with Crippen molar-refractivity contribution in [2.45, 2.75) is 13.8 Å². The lowest BCUT2D eigenvalue weighted by molar-refractivity contribution is -0.880. The van der Waals surface area contributed by atoms with Crippen LogP contribution in [0.1, 0.15) is 13.8 Å². The first-order valence-electron chi connectivity index (χ1n) is 9.86. The average molecular weight is 394 g/mol. The number of likely N-dealkylation sites (N-methyl/N-ethyl adjacent to an activating group) is 1. The summed E-state index contributed by atoms with van der Waals surface area (Å²) in [5.74, 6) is -0.532. The summed E-state index contributed by atoms with van der Waals surface area (Å²) in [6, 6.07) is 2.66. The summed E-state index contributed by atoms with van der Waals surface area (Å²) in [5, 5.41) is 11.5. The van der Waals surface area contributed by atoms with E-state index in [9.17, 15) is 19.3 Å². The average Bonchev–Trinajstić information content (AvgIpc) is 2.68. The highest BCUT2D eigenvalue weighted by atomic mass is 19.1. The van der Waals surface area contributed by atoms with Gasteiger partial charge in [-0.15, -0.1) is 0 Å². The van der Waals surface area contributed by atoms with Crippen molar-refractivity contribution in [2.75, 3.05) is 69.2 Å². The summed E-state index contributed by atoms with van der Waals surface area (Å²) in [5.41, 5.74) is 0.641. The molecule has 154 valence electrons. The van der Waals surface area contributed by atoms with E-state index in [1.807, 2.05) is 23.6 Å². The molecule has 1 amide bonds. The molecule has 1 aromatic carbocycles.